The van der Waals surface area contributed by atoms with Crippen LogP contribution in [0.5, 0.6) is 0 Å². The number of aromatic nitrogens is 5. The Morgan fingerprint density at radius 3 is 2.65 bits per heavy atom. The van der Waals surface area contributed by atoms with Crippen LogP contribution in [-0.4, -0.2) is 24.5 Å². The lowest BCUT2D eigenvalue weighted by Gasteiger charge is -2.20. The minimum absolute atomic E-state index is 0.171. The maximum absolute atomic E-state index is 13.6. The molecule has 3 aromatic heterocycles. The zero-order valence-electron chi connectivity index (χ0n) is 17.9. The Labute approximate surface area is 203 Å². The van der Waals surface area contributed by atoms with Crippen LogP contribution in [0, 0.1) is 0 Å². The molecule has 0 aliphatic carbocycles. The summed E-state index contributed by atoms with van der Waals surface area (Å²) in [6, 6.07) is 13.4. The molecule has 3 heterocycles. The fourth-order valence-electron chi connectivity index (χ4n) is 3.81. The minimum atomic E-state index is -0.466. The van der Waals surface area contributed by atoms with E-state index < -0.39 is 6.04 Å². The number of hydrogen-bond donors (Lipinski definition) is 2. The summed E-state index contributed by atoms with van der Waals surface area (Å²) in [7, 11) is 0. The van der Waals surface area contributed by atoms with Crippen molar-refractivity contribution in [1.82, 2.24) is 24.5 Å². The molecule has 0 saturated carbocycles. The fourth-order valence-corrected chi connectivity index (χ4v) is 4.25. The van der Waals surface area contributed by atoms with E-state index in [1.54, 1.807) is 28.8 Å². The van der Waals surface area contributed by atoms with Crippen molar-refractivity contribution in [1.29, 1.82) is 0 Å². The molecule has 0 unspecified atom stereocenters. The van der Waals surface area contributed by atoms with Gasteiger partial charge in [0, 0.05) is 23.5 Å². The average molecular weight is 493 g/mol. The number of pyridine rings is 1. The molecule has 5 aromatic rings. The molecule has 0 aliphatic heterocycles. The molecule has 2 aromatic carbocycles. The topological polar surface area (TPSA) is 106 Å². The van der Waals surface area contributed by atoms with Crippen molar-refractivity contribution in [3.63, 3.8) is 0 Å². The smallest absolute Gasteiger partial charge is 0.263 e. The Morgan fingerprint density at radius 2 is 1.82 bits per heavy atom. The summed E-state index contributed by atoms with van der Waals surface area (Å²) in [6.07, 6.45) is 2.99. The van der Waals surface area contributed by atoms with E-state index in [0.29, 0.717) is 37.8 Å². The van der Waals surface area contributed by atoms with E-state index in [1.165, 1.54) is 18.5 Å². The average Bonchev–Trinajstić information content (AvgIpc) is 2.82. The Kier molecular flexibility index (Phi) is 5.77. The van der Waals surface area contributed by atoms with Gasteiger partial charge in [0.25, 0.3) is 5.56 Å². The number of rotatable bonds is 5. The summed E-state index contributed by atoms with van der Waals surface area (Å²) in [6.45, 7) is 2.06. The van der Waals surface area contributed by atoms with E-state index in [-0.39, 0.29) is 23.5 Å². The zero-order chi connectivity index (χ0) is 23.8. The van der Waals surface area contributed by atoms with Crippen LogP contribution < -0.4 is 16.3 Å². The maximum Gasteiger partial charge on any atom is 0.263 e. The molecule has 10 heteroatoms. The van der Waals surface area contributed by atoms with Crippen LogP contribution in [0.3, 0.4) is 0 Å². The number of benzene rings is 2. The van der Waals surface area contributed by atoms with Gasteiger partial charge in [-0.05, 0) is 30.7 Å². The molecule has 8 nitrogen and oxygen atoms in total. The predicted molar refractivity (Wildman–Crippen MR) is 134 cm³/mol. The van der Waals surface area contributed by atoms with Gasteiger partial charge in [-0.3, -0.25) is 14.2 Å². The highest BCUT2D eigenvalue weighted by Gasteiger charge is 2.20. The summed E-state index contributed by atoms with van der Waals surface area (Å²) < 4.78 is 1.55. The normalized spacial score (nSPS) is 12.2. The second kappa shape index (κ2) is 8.89. The highest BCUT2D eigenvalue weighted by molar-refractivity contribution is 6.35. The summed E-state index contributed by atoms with van der Waals surface area (Å²) in [5, 5.41) is 4.78. The molecule has 2 N–H and O–H groups in total. The van der Waals surface area contributed by atoms with Crippen LogP contribution in [0.15, 0.2) is 70.5 Å². The Hall–Kier alpha value is -3.75. The first-order valence-electron chi connectivity index (χ1n) is 10.5. The third kappa shape index (κ3) is 4.02. The Bertz CT molecular complexity index is 1660. The van der Waals surface area contributed by atoms with Crippen LogP contribution in [0.1, 0.15) is 24.4 Å². The van der Waals surface area contributed by atoms with Gasteiger partial charge in [0.2, 0.25) is 5.95 Å². The molecule has 0 fully saturated rings. The van der Waals surface area contributed by atoms with E-state index in [0.717, 1.165) is 5.56 Å². The first-order valence-corrected chi connectivity index (χ1v) is 11.2. The van der Waals surface area contributed by atoms with Gasteiger partial charge >= 0.3 is 0 Å². The van der Waals surface area contributed by atoms with Gasteiger partial charge < -0.3 is 10.3 Å². The summed E-state index contributed by atoms with van der Waals surface area (Å²) in [5.74, 6) is 0.747. The number of H-pyrrole nitrogens is 1. The van der Waals surface area contributed by atoms with Gasteiger partial charge in [-0.2, -0.15) is 4.98 Å². The lowest BCUT2D eigenvalue weighted by atomic mass is 10.2. The third-order valence-electron chi connectivity index (χ3n) is 5.49. The van der Waals surface area contributed by atoms with Crippen LogP contribution >= 0.6 is 23.2 Å². The standard InChI is InChI=1S/C24H18Cl2N6O2/c1-13(29-24-28-11-15-19(33)9-10-27-21(15)31-24)22-30-18-8-4-7-17(26)20(18)23(34)32(22)12-14-5-2-3-6-16(14)25/h2-11,13H,12H2,1H3,(H2,27,28,29,31,33)/t13-/m0/s1. The molecule has 0 aliphatic rings. The van der Waals surface area contributed by atoms with Crippen molar-refractivity contribution in [2.75, 3.05) is 5.32 Å². The Morgan fingerprint density at radius 1 is 1.03 bits per heavy atom. The number of anilines is 1. The van der Waals surface area contributed by atoms with E-state index in [9.17, 15) is 9.59 Å². The van der Waals surface area contributed by atoms with Crippen molar-refractivity contribution >= 4 is 51.1 Å². The number of fused-ring (bicyclic) bond motifs is 2. The van der Waals surface area contributed by atoms with Crippen LogP contribution in [0.4, 0.5) is 5.95 Å². The van der Waals surface area contributed by atoms with Crippen molar-refractivity contribution in [2.45, 2.75) is 19.5 Å². The van der Waals surface area contributed by atoms with E-state index in [1.807, 2.05) is 25.1 Å². The van der Waals surface area contributed by atoms with Gasteiger partial charge in [0.1, 0.15) is 11.5 Å². The van der Waals surface area contributed by atoms with Gasteiger partial charge in [0.05, 0.1) is 33.9 Å². The van der Waals surface area contributed by atoms with Crippen LogP contribution in [0.2, 0.25) is 10.0 Å². The molecule has 5 rings (SSSR count). The minimum Gasteiger partial charge on any atom is -0.346 e. The van der Waals surface area contributed by atoms with Crippen molar-refractivity contribution in [3.8, 4) is 0 Å². The molecular weight excluding hydrogens is 475 g/mol. The summed E-state index contributed by atoms with van der Waals surface area (Å²) in [5.41, 5.74) is 1.22. The molecule has 1 atom stereocenters. The highest BCUT2D eigenvalue weighted by Crippen LogP contribution is 2.24. The predicted octanol–water partition coefficient (Wildman–Crippen LogP) is 4.56. The number of nitrogens with zero attached hydrogens (tertiary/aromatic N) is 4. The molecule has 0 amide bonds. The zero-order valence-corrected chi connectivity index (χ0v) is 19.4. The monoisotopic (exact) mass is 492 g/mol. The molecule has 0 saturated heterocycles. The third-order valence-corrected chi connectivity index (χ3v) is 6.17. The van der Waals surface area contributed by atoms with E-state index in [4.69, 9.17) is 28.2 Å². The second-order valence-corrected chi connectivity index (χ2v) is 8.56. The molecular formula is C24H18Cl2N6O2. The lowest BCUT2D eigenvalue weighted by molar-refractivity contribution is 0.638. The SMILES string of the molecule is C[C@H](Nc1ncc2c(=O)cc[nH]c2n1)c1nc2cccc(Cl)c2c(=O)n1Cc1ccccc1Cl. The number of halogens is 2. The van der Waals surface area contributed by atoms with Crippen LogP contribution in [0.25, 0.3) is 21.9 Å². The van der Waals surface area contributed by atoms with Gasteiger partial charge in [-0.15, -0.1) is 0 Å². The fraction of sp³-hybridized carbons (Fsp3) is 0.125. The van der Waals surface area contributed by atoms with Crippen LogP contribution in [-0.2, 0) is 6.54 Å². The molecule has 0 bridgehead atoms. The van der Waals surface area contributed by atoms with Gasteiger partial charge in [0.15, 0.2) is 5.43 Å². The highest BCUT2D eigenvalue weighted by atomic mass is 35.5. The van der Waals surface area contributed by atoms with E-state index >= 15 is 0 Å². The second-order valence-electron chi connectivity index (χ2n) is 7.75. The quantitative estimate of drug-likeness (QED) is 0.372. The molecule has 0 radical (unpaired) electrons. The molecule has 34 heavy (non-hydrogen) atoms. The first kappa shape index (κ1) is 22.1. The van der Waals surface area contributed by atoms with Crippen molar-refractivity contribution in [3.05, 3.63) is 103 Å². The summed E-state index contributed by atoms with van der Waals surface area (Å²) in [4.78, 5) is 41.9. The first-order chi connectivity index (χ1) is 16.4. The Balaban J connectivity index is 1.62. The molecule has 0 spiro atoms. The van der Waals surface area contributed by atoms with E-state index in [2.05, 4.69) is 20.3 Å². The van der Waals surface area contributed by atoms with Crippen molar-refractivity contribution < 1.29 is 0 Å². The number of aromatic amines is 1. The van der Waals surface area contributed by atoms with Crippen molar-refractivity contribution in [2.24, 2.45) is 0 Å². The van der Waals surface area contributed by atoms with Gasteiger partial charge in [-0.25, -0.2) is 9.97 Å². The number of hydrogen-bond acceptors (Lipinski definition) is 6. The molecule has 170 valence electrons. The largest absolute Gasteiger partial charge is 0.346 e. The van der Waals surface area contributed by atoms with Gasteiger partial charge in [-0.1, -0.05) is 47.5 Å². The number of nitrogens with one attached hydrogen (secondary N) is 2. The summed E-state index contributed by atoms with van der Waals surface area (Å²) >= 11 is 12.7. The maximum atomic E-state index is 13.6. The lowest BCUT2D eigenvalue weighted by Crippen LogP contribution is -2.29.